The predicted octanol–water partition coefficient (Wildman–Crippen LogP) is 1.33. The van der Waals surface area contributed by atoms with E-state index < -0.39 is 17.8 Å². The number of esters is 1. The molecule has 0 saturated carbocycles. The van der Waals surface area contributed by atoms with Crippen molar-refractivity contribution in [3.63, 3.8) is 0 Å². The first kappa shape index (κ1) is 10.6. The van der Waals surface area contributed by atoms with E-state index >= 15 is 0 Å². The van der Waals surface area contributed by atoms with E-state index in [0.717, 1.165) is 0 Å². The molecule has 2 rings (SSSR count). The Kier molecular flexibility index (Phi) is 2.85. The fourth-order valence-corrected chi connectivity index (χ4v) is 1.50. The molecule has 1 aliphatic heterocycles. The number of cyclic esters (lactones) is 1. The van der Waals surface area contributed by atoms with E-state index in [0.29, 0.717) is 12.1 Å². The van der Waals surface area contributed by atoms with Crippen molar-refractivity contribution in [3.05, 3.63) is 30.1 Å². The molecular formula is C11H10FNO3. The summed E-state index contributed by atoms with van der Waals surface area (Å²) < 4.78 is 17.3. The van der Waals surface area contributed by atoms with Crippen LogP contribution in [0.5, 0.6) is 0 Å². The van der Waals surface area contributed by atoms with Crippen LogP contribution in [-0.4, -0.2) is 18.5 Å². The molecule has 0 spiro atoms. The van der Waals surface area contributed by atoms with Gasteiger partial charge in [-0.1, -0.05) is 0 Å². The van der Waals surface area contributed by atoms with E-state index in [1.54, 1.807) is 0 Å². The normalized spacial score (nSPS) is 19.3. The van der Waals surface area contributed by atoms with Gasteiger partial charge in [0.15, 0.2) is 0 Å². The third kappa shape index (κ3) is 2.18. The van der Waals surface area contributed by atoms with Gasteiger partial charge >= 0.3 is 5.97 Å². The van der Waals surface area contributed by atoms with Gasteiger partial charge < -0.3 is 10.1 Å². The van der Waals surface area contributed by atoms with Crippen LogP contribution in [0.1, 0.15) is 6.42 Å². The van der Waals surface area contributed by atoms with Crippen molar-refractivity contribution in [2.24, 2.45) is 5.92 Å². The van der Waals surface area contributed by atoms with Crippen LogP contribution in [0.15, 0.2) is 24.3 Å². The molecule has 84 valence electrons. The first-order valence-corrected chi connectivity index (χ1v) is 4.90. The summed E-state index contributed by atoms with van der Waals surface area (Å²) in [4.78, 5) is 22.7. The maximum atomic E-state index is 12.6. The Morgan fingerprint density at radius 1 is 1.38 bits per heavy atom. The molecule has 0 bridgehead atoms. The summed E-state index contributed by atoms with van der Waals surface area (Å²) in [5.74, 6) is -2.03. The maximum Gasteiger partial charge on any atom is 0.318 e. The van der Waals surface area contributed by atoms with E-state index in [1.807, 2.05) is 0 Å². The standard InChI is InChI=1S/C11H10FNO3/c12-7-1-3-8(4-2-7)13-10(14)9-5-6-16-11(9)15/h1-4,9H,5-6H2,(H,13,14). The molecule has 0 aliphatic carbocycles. The molecule has 1 aromatic carbocycles. The Bertz CT molecular complexity index is 416. The number of halogens is 1. The quantitative estimate of drug-likeness (QED) is 0.607. The Morgan fingerprint density at radius 2 is 2.06 bits per heavy atom. The highest BCUT2D eigenvalue weighted by Crippen LogP contribution is 2.17. The van der Waals surface area contributed by atoms with Crippen LogP contribution in [0.3, 0.4) is 0 Å². The van der Waals surface area contributed by atoms with Gasteiger partial charge in [-0.25, -0.2) is 4.39 Å². The highest BCUT2D eigenvalue weighted by molar-refractivity contribution is 6.05. The van der Waals surface area contributed by atoms with Crippen LogP contribution in [0.4, 0.5) is 10.1 Å². The van der Waals surface area contributed by atoms with E-state index in [4.69, 9.17) is 0 Å². The van der Waals surface area contributed by atoms with Gasteiger partial charge in [0.2, 0.25) is 5.91 Å². The average molecular weight is 223 g/mol. The summed E-state index contributed by atoms with van der Waals surface area (Å²) in [6, 6.07) is 5.35. The molecular weight excluding hydrogens is 213 g/mol. The van der Waals surface area contributed by atoms with Gasteiger partial charge in [-0.15, -0.1) is 0 Å². The lowest BCUT2D eigenvalue weighted by Gasteiger charge is -2.07. The van der Waals surface area contributed by atoms with Gasteiger partial charge in [-0.05, 0) is 24.3 Å². The fraction of sp³-hybridized carbons (Fsp3) is 0.273. The number of rotatable bonds is 2. The SMILES string of the molecule is O=C(Nc1ccc(F)cc1)C1CCOC1=O. The lowest BCUT2D eigenvalue weighted by Crippen LogP contribution is -2.26. The molecule has 0 aromatic heterocycles. The molecule has 1 unspecified atom stereocenters. The Hall–Kier alpha value is -1.91. The highest BCUT2D eigenvalue weighted by Gasteiger charge is 2.33. The molecule has 4 nitrogen and oxygen atoms in total. The van der Waals surface area contributed by atoms with Crippen molar-refractivity contribution in [3.8, 4) is 0 Å². The second kappa shape index (κ2) is 4.30. The van der Waals surface area contributed by atoms with Crippen molar-refractivity contribution >= 4 is 17.6 Å². The topological polar surface area (TPSA) is 55.4 Å². The lowest BCUT2D eigenvalue weighted by atomic mass is 10.1. The minimum atomic E-state index is -0.745. The summed E-state index contributed by atoms with van der Waals surface area (Å²) in [6.07, 6.45) is 0.395. The molecule has 1 fully saturated rings. The van der Waals surface area contributed by atoms with Crippen LogP contribution < -0.4 is 5.32 Å². The first-order chi connectivity index (χ1) is 7.66. The molecule has 16 heavy (non-hydrogen) atoms. The molecule has 1 saturated heterocycles. The van der Waals surface area contributed by atoms with Gasteiger partial charge in [0.25, 0.3) is 0 Å². The summed E-state index contributed by atoms with van der Waals surface area (Å²) >= 11 is 0. The number of hydrogen-bond acceptors (Lipinski definition) is 3. The summed E-state index contributed by atoms with van der Waals surface area (Å²) in [6.45, 7) is 0.278. The third-order valence-electron chi connectivity index (χ3n) is 2.36. The van der Waals surface area contributed by atoms with E-state index in [-0.39, 0.29) is 12.4 Å². The monoisotopic (exact) mass is 223 g/mol. The largest absolute Gasteiger partial charge is 0.465 e. The number of carbonyl (C=O) groups excluding carboxylic acids is 2. The van der Waals surface area contributed by atoms with Gasteiger partial charge in [0.1, 0.15) is 11.7 Å². The second-order valence-electron chi connectivity index (χ2n) is 3.50. The number of carbonyl (C=O) groups is 2. The smallest absolute Gasteiger partial charge is 0.318 e. The van der Waals surface area contributed by atoms with Crippen molar-refractivity contribution in [2.75, 3.05) is 11.9 Å². The maximum absolute atomic E-state index is 12.6. The average Bonchev–Trinajstić information content (AvgIpc) is 2.68. The number of ether oxygens (including phenoxy) is 1. The van der Waals surface area contributed by atoms with Gasteiger partial charge in [-0.3, -0.25) is 9.59 Å². The molecule has 1 atom stereocenters. The number of hydrogen-bond donors (Lipinski definition) is 1. The summed E-state index contributed by atoms with van der Waals surface area (Å²) in [5, 5.41) is 2.54. The lowest BCUT2D eigenvalue weighted by molar-refractivity contribution is -0.143. The Labute approximate surface area is 91.4 Å². The molecule has 1 amide bonds. The van der Waals surface area contributed by atoms with Crippen LogP contribution in [0.2, 0.25) is 0 Å². The molecule has 1 aliphatic rings. The predicted molar refractivity (Wildman–Crippen MR) is 54.1 cm³/mol. The van der Waals surface area contributed by atoms with Crippen LogP contribution >= 0.6 is 0 Å². The molecule has 1 aromatic rings. The van der Waals surface area contributed by atoms with Crippen molar-refractivity contribution < 1.29 is 18.7 Å². The number of nitrogens with one attached hydrogen (secondary N) is 1. The number of amides is 1. The van der Waals surface area contributed by atoms with E-state index in [9.17, 15) is 14.0 Å². The summed E-state index contributed by atoms with van der Waals surface area (Å²) in [5.41, 5.74) is 0.464. The second-order valence-corrected chi connectivity index (χ2v) is 3.50. The Balaban J connectivity index is 2.02. The minimum Gasteiger partial charge on any atom is -0.465 e. The van der Waals surface area contributed by atoms with Crippen molar-refractivity contribution in [1.82, 2.24) is 0 Å². The molecule has 1 heterocycles. The first-order valence-electron chi connectivity index (χ1n) is 4.90. The van der Waals surface area contributed by atoms with Crippen LogP contribution in [0, 0.1) is 11.7 Å². The van der Waals surface area contributed by atoms with E-state index in [2.05, 4.69) is 10.1 Å². The van der Waals surface area contributed by atoms with Crippen LogP contribution in [-0.2, 0) is 14.3 Å². The highest BCUT2D eigenvalue weighted by atomic mass is 19.1. The zero-order chi connectivity index (χ0) is 11.5. The molecule has 5 heteroatoms. The third-order valence-corrected chi connectivity index (χ3v) is 2.36. The Morgan fingerprint density at radius 3 is 2.62 bits per heavy atom. The summed E-state index contributed by atoms with van der Waals surface area (Å²) in [7, 11) is 0. The van der Waals surface area contributed by atoms with Gasteiger partial charge in [0.05, 0.1) is 6.61 Å². The van der Waals surface area contributed by atoms with Gasteiger partial charge in [-0.2, -0.15) is 0 Å². The zero-order valence-corrected chi connectivity index (χ0v) is 8.40. The van der Waals surface area contributed by atoms with Crippen molar-refractivity contribution in [1.29, 1.82) is 0 Å². The fourth-order valence-electron chi connectivity index (χ4n) is 1.50. The van der Waals surface area contributed by atoms with Gasteiger partial charge in [0, 0.05) is 12.1 Å². The minimum absolute atomic E-state index is 0.278. The van der Waals surface area contributed by atoms with E-state index in [1.165, 1.54) is 24.3 Å². The van der Waals surface area contributed by atoms with Crippen LogP contribution in [0.25, 0.3) is 0 Å². The van der Waals surface area contributed by atoms with Crippen molar-refractivity contribution in [2.45, 2.75) is 6.42 Å². The molecule has 1 N–H and O–H groups in total. The number of anilines is 1. The molecule has 0 radical (unpaired) electrons. The number of benzene rings is 1. The zero-order valence-electron chi connectivity index (χ0n) is 8.40.